The van der Waals surface area contributed by atoms with E-state index in [-0.39, 0.29) is 5.57 Å². The summed E-state index contributed by atoms with van der Waals surface area (Å²) in [6, 6.07) is 26.9. The molecule has 36 heavy (non-hydrogen) atoms. The van der Waals surface area contributed by atoms with E-state index in [1.54, 1.807) is 12.1 Å². The number of nitrogens with zero attached hydrogens (tertiary/aromatic N) is 2. The molecule has 0 fully saturated rings. The zero-order chi connectivity index (χ0) is 25.7. The molecule has 0 bridgehead atoms. The van der Waals surface area contributed by atoms with Gasteiger partial charge in [-0.1, -0.05) is 35.9 Å². The van der Waals surface area contributed by atoms with Gasteiger partial charge in [0.2, 0.25) is 0 Å². The second-order valence-electron chi connectivity index (χ2n) is 8.56. The summed E-state index contributed by atoms with van der Waals surface area (Å²) in [7, 11) is 0. The standard InChI is InChI=1S/C30H26ClN3O2/c1-20-5-4-6-27(15-20)33-30(35)25(18-32)17-24-16-21(2)34(22(24)3)28-11-13-29(14-12-28)36-19-23-7-9-26(31)10-8-23/h4-17H,19H2,1-3H3,(H,33,35). The predicted molar refractivity (Wildman–Crippen MR) is 144 cm³/mol. The van der Waals surface area contributed by atoms with E-state index in [1.807, 2.05) is 99.6 Å². The van der Waals surface area contributed by atoms with Crippen LogP contribution in [0.4, 0.5) is 5.69 Å². The Morgan fingerprint density at radius 2 is 1.75 bits per heavy atom. The number of hydrogen-bond donors (Lipinski definition) is 1. The van der Waals surface area contributed by atoms with Crippen molar-refractivity contribution in [2.45, 2.75) is 27.4 Å². The molecule has 0 unspecified atom stereocenters. The first-order valence-corrected chi connectivity index (χ1v) is 11.9. The van der Waals surface area contributed by atoms with Gasteiger partial charge in [-0.15, -0.1) is 0 Å². The van der Waals surface area contributed by atoms with Gasteiger partial charge in [-0.25, -0.2) is 0 Å². The third-order valence-corrected chi connectivity index (χ3v) is 6.08. The maximum atomic E-state index is 12.7. The molecule has 0 aliphatic carbocycles. The summed E-state index contributed by atoms with van der Waals surface area (Å²) >= 11 is 5.94. The number of halogens is 1. The van der Waals surface area contributed by atoms with Gasteiger partial charge in [-0.3, -0.25) is 4.79 Å². The van der Waals surface area contributed by atoms with E-state index in [9.17, 15) is 10.1 Å². The number of carbonyl (C=O) groups excluding carboxylic acids is 1. The molecule has 4 rings (SSSR count). The minimum atomic E-state index is -0.435. The smallest absolute Gasteiger partial charge is 0.266 e. The normalized spacial score (nSPS) is 11.1. The first-order chi connectivity index (χ1) is 17.3. The molecule has 1 N–H and O–H groups in total. The molecule has 1 aromatic heterocycles. The van der Waals surface area contributed by atoms with Crippen molar-refractivity contribution < 1.29 is 9.53 Å². The SMILES string of the molecule is Cc1cccc(NC(=O)C(C#N)=Cc2cc(C)n(-c3ccc(OCc4ccc(Cl)cc4)cc3)c2C)c1. The van der Waals surface area contributed by atoms with E-state index in [4.69, 9.17) is 16.3 Å². The van der Waals surface area contributed by atoms with Crippen LogP contribution in [0.2, 0.25) is 5.02 Å². The number of carbonyl (C=O) groups is 1. The van der Waals surface area contributed by atoms with Gasteiger partial charge in [0, 0.05) is 27.8 Å². The third-order valence-electron chi connectivity index (χ3n) is 5.82. The van der Waals surface area contributed by atoms with Crippen molar-refractivity contribution in [2.75, 3.05) is 5.32 Å². The Hall–Kier alpha value is -4.27. The highest BCUT2D eigenvalue weighted by atomic mass is 35.5. The van der Waals surface area contributed by atoms with Crippen LogP contribution in [-0.2, 0) is 11.4 Å². The maximum absolute atomic E-state index is 12.7. The van der Waals surface area contributed by atoms with Crippen LogP contribution in [0.3, 0.4) is 0 Å². The number of nitrogens with one attached hydrogen (secondary N) is 1. The summed E-state index contributed by atoms with van der Waals surface area (Å²) in [5.41, 5.74) is 6.46. The van der Waals surface area contributed by atoms with Gasteiger partial charge in [0.15, 0.2) is 0 Å². The molecular formula is C30H26ClN3O2. The average molecular weight is 496 g/mol. The number of hydrogen-bond acceptors (Lipinski definition) is 3. The zero-order valence-electron chi connectivity index (χ0n) is 20.4. The van der Waals surface area contributed by atoms with Crippen molar-refractivity contribution in [3.63, 3.8) is 0 Å². The Morgan fingerprint density at radius 1 is 1.03 bits per heavy atom. The van der Waals surface area contributed by atoms with Gasteiger partial charge < -0.3 is 14.6 Å². The summed E-state index contributed by atoms with van der Waals surface area (Å²) in [6.45, 7) is 6.36. The van der Waals surface area contributed by atoms with Crippen molar-refractivity contribution in [1.29, 1.82) is 5.26 Å². The predicted octanol–water partition coefficient (Wildman–Crippen LogP) is 7.18. The topological polar surface area (TPSA) is 67.0 Å². The number of ether oxygens (including phenoxy) is 1. The minimum absolute atomic E-state index is 0.0442. The Labute approximate surface area is 216 Å². The van der Waals surface area contributed by atoms with E-state index in [1.165, 1.54) is 0 Å². The Morgan fingerprint density at radius 3 is 2.42 bits per heavy atom. The highest BCUT2D eigenvalue weighted by Crippen LogP contribution is 2.25. The van der Waals surface area contributed by atoms with Gasteiger partial charge >= 0.3 is 0 Å². The molecule has 3 aromatic carbocycles. The van der Waals surface area contributed by atoms with Crippen molar-refractivity contribution in [3.05, 3.63) is 118 Å². The summed E-state index contributed by atoms with van der Waals surface area (Å²) in [4.78, 5) is 12.7. The Bertz CT molecular complexity index is 1460. The van der Waals surface area contributed by atoms with Crippen LogP contribution in [0.25, 0.3) is 11.8 Å². The fourth-order valence-corrected chi connectivity index (χ4v) is 4.12. The highest BCUT2D eigenvalue weighted by Gasteiger charge is 2.14. The molecule has 0 atom stereocenters. The average Bonchev–Trinajstić information content (AvgIpc) is 3.15. The lowest BCUT2D eigenvalue weighted by atomic mass is 10.1. The van der Waals surface area contributed by atoms with Crippen molar-refractivity contribution in [1.82, 2.24) is 4.57 Å². The molecular weight excluding hydrogens is 470 g/mol. The quantitative estimate of drug-likeness (QED) is 0.218. The molecule has 1 amide bonds. The van der Waals surface area contributed by atoms with E-state index in [0.717, 1.165) is 39.5 Å². The van der Waals surface area contributed by atoms with Gasteiger partial charge in [0.25, 0.3) is 5.91 Å². The number of anilines is 1. The first kappa shape index (κ1) is 24.8. The number of aromatic nitrogens is 1. The van der Waals surface area contributed by atoms with Crippen LogP contribution in [0.1, 0.15) is 28.1 Å². The summed E-state index contributed by atoms with van der Waals surface area (Å²) in [5, 5.41) is 13.1. The van der Waals surface area contributed by atoms with E-state index in [0.29, 0.717) is 17.3 Å². The second kappa shape index (κ2) is 11.0. The largest absolute Gasteiger partial charge is 0.489 e. The summed E-state index contributed by atoms with van der Waals surface area (Å²) in [5.74, 6) is 0.325. The van der Waals surface area contributed by atoms with E-state index in [2.05, 4.69) is 9.88 Å². The fourth-order valence-electron chi connectivity index (χ4n) is 4.00. The molecule has 0 saturated carbocycles. The number of aryl methyl sites for hydroxylation is 2. The van der Waals surface area contributed by atoms with Crippen LogP contribution in [0, 0.1) is 32.1 Å². The molecule has 0 radical (unpaired) electrons. The third kappa shape index (κ3) is 5.86. The monoisotopic (exact) mass is 495 g/mol. The van der Waals surface area contributed by atoms with Gasteiger partial charge in [0.05, 0.1) is 0 Å². The molecule has 0 aliphatic heterocycles. The maximum Gasteiger partial charge on any atom is 0.266 e. The molecule has 0 spiro atoms. The molecule has 1 heterocycles. The van der Waals surface area contributed by atoms with Gasteiger partial charge in [-0.05, 0) is 98.1 Å². The summed E-state index contributed by atoms with van der Waals surface area (Å²) in [6.07, 6.45) is 1.63. The molecule has 5 nitrogen and oxygen atoms in total. The van der Waals surface area contributed by atoms with Gasteiger partial charge in [-0.2, -0.15) is 5.26 Å². The Kier molecular flexibility index (Phi) is 7.58. The van der Waals surface area contributed by atoms with Crippen LogP contribution in [0.5, 0.6) is 5.75 Å². The highest BCUT2D eigenvalue weighted by molar-refractivity contribution is 6.30. The number of benzene rings is 3. The number of amides is 1. The van der Waals surface area contributed by atoms with Gasteiger partial charge in [0.1, 0.15) is 24.0 Å². The van der Waals surface area contributed by atoms with E-state index >= 15 is 0 Å². The first-order valence-electron chi connectivity index (χ1n) is 11.5. The van der Waals surface area contributed by atoms with Crippen molar-refractivity contribution in [3.8, 4) is 17.5 Å². The van der Waals surface area contributed by atoms with Crippen LogP contribution in [0.15, 0.2) is 84.4 Å². The molecule has 0 saturated heterocycles. The lowest BCUT2D eigenvalue weighted by molar-refractivity contribution is -0.112. The minimum Gasteiger partial charge on any atom is -0.489 e. The van der Waals surface area contributed by atoms with Crippen LogP contribution in [-0.4, -0.2) is 10.5 Å². The summed E-state index contributed by atoms with van der Waals surface area (Å²) < 4.78 is 7.98. The lowest BCUT2D eigenvalue weighted by Crippen LogP contribution is -2.13. The number of rotatable bonds is 7. The van der Waals surface area contributed by atoms with Crippen LogP contribution < -0.4 is 10.1 Å². The number of nitriles is 1. The zero-order valence-corrected chi connectivity index (χ0v) is 21.1. The lowest BCUT2D eigenvalue weighted by Gasteiger charge is -2.12. The fraction of sp³-hybridized carbons (Fsp3) is 0.133. The molecule has 0 aliphatic rings. The molecule has 4 aromatic rings. The molecule has 180 valence electrons. The second-order valence-corrected chi connectivity index (χ2v) is 9.00. The van der Waals surface area contributed by atoms with Crippen LogP contribution >= 0.6 is 11.6 Å². The molecule has 6 heteroatoms. The van der Waals surface area contributed by atoms with E-state index < -0.39 is 5.91 Å². The van der Waals surface area contributed by atoms with Crippen molar-refractivity contribution in [2.24, 2.45) is 0 Å². The Balaban J connectivity index is 1.51. The van der Waals surface area contributed by atoms with Crippen molar-refractivity contribution >= 4 is 29.3 Å².